The maximum absolute atomic E-state index is 12.7. The fraction of sp³-hybridized carbons (Fsp3) is 0.476. The molecule has 1 aromatic carbocycles. The van der Waals surface area contributed by atoms with Crippen molar-refractivity contribution in [2.24, 2.45) is 11.3 Å². The van der Waals surface area contributed by atoms with Crippen LogP contribution in [0.2, 0.25) is 0 Å². The summed E-state index contributed by atoms with van der Waals surface area (Å²) < 4.78 is 0. The zero-order valence-corrected chi connectivity index (χ0v) is 16.6. The third kappa shape index (κ3) is 3.90. The number of anilines is 2. The predicted octanol–water partition coefficient (Wildman–Crippen LogP) is 4.15. The lowest BCUT2D eigenvalue weighted by Gasteiger charge is -2.32. The number of carbonyl (C=O) groups excluding carboxylic acids is 2. The van der Waals surface area contributed by atoms with Gasteiger partial charge >= 0.3 is 0 Å². The molecular formula is C21H25N3O2S. The molecule has 2 heterocycles. The molecule has 1 aliphatic heterocycles. The minimum Gasteiger partial charge on any atom is -0.371 e. The molecule has 0 spiro atoms. The highest BCUT2D eigenvalue weighted by Crippen LogP contribution is 2.38. The Hall–Kier alpha value is -2.21. The lowest BCUT2D eigenvalue weighted by atomic mass is 9.78. The van der Waals surface area contributed by atoms with Crippen molar-refractivity contribution in [1.29, 1.82) is 0 Å². The molecule has 0 atom stereocenters. The summed E-state index contributed by atoms with van der Waals surface area (Å²) in [5.41, 5.74) is 2.00. The van der Waals surface area contributed by atoms with Gasteiger partial charge in [-0.1, -0.05) is 43.4 Å². The molecule has 1 aliphatic carbocycles. The number of para-hydroxylation sites is 1. The normalized spacial score (nSPS) is 19.6. The van der Waals surface area contributed by atoms with Crippen LogP contribution in [0.4, 0.5) is 10.8 Å². The predicted molar refractivity (Wildman–Crippen MR) is 109 cm³/mol. The van der Waals surface area contributed by atoms with Gasteiger partial charge < -0.3 is 10.2 Å². The van der Waals surface area contributed by atoms with Gasteiger partial charge in [-0.2, -0.15) is 0 Å². The second-order valence-corrected chi connectivity index (χ2v) is 9.32. The van der Waals surface area contributed by atoms with E-state index in [-0.39, 0.29) is 23.0 Å². The quantitative estimate of drug-likeness (QED) is 0.865. The van der Waals surface area contributed by atoms with Crippen molar-refractivity contribution in [1.82, 2.24) is 4.98 Å². The minimum absolute atomic E-state index is 0.00182. The van der Waals surface area contributed by atoms with E-state index in [4.69, 9.17) is 0 Å². The standard InChI is InChI=1S/C21H25N3O2S/c1-21(2)12-16-18(17(25)13-21)27-20(22-16)23-19(26)14-8-10-24(11-9-14)15-6-4-3-5-7-15/h3-7,14H,8-13H2,1-2H3,(H,22,23,26). The number of amides is 1. The van der Waals surface area contributed by atoms with E-state index in [9.17, 15) is 9.59 Å². The highest BCUT2D eigenvalue weighted by atomic mass is 32.1. The van der Waals surface area contributed by atoms with E-state index in [2.05, 4.69) is 41.2 Å². The number of thiazole rings is 1. The van der Waals surface area contributed by atoms with Crippen molar-refractivity contribution < 1.29 is 9.59 Å². The van der Waals surface area contributed by atoms with Gasteiger partial charge in [-0.05, 0) is 36.8 Å². The summed E-state index contributed by atoms with van der Waals surface area (Å²) in [7, 11) is 0. The van der Waals surface area contributed by atoms with Crippen LogP contribution in [0.3, 0.4) is 0 Å². The van der Waals surface area contributed by atoms with E-state index in [0.717, 1.165) is 42.9 Å². The number of ketones is 1. The van der Waals surface area contributed by atoms with Crippen LogP contribution in [0.25, 0.3) is 0 Å². The molecule has 1 saturated heterocycles. The lowest BCUT2D eigenvalue weighted by molar-refractivity contribution is -0.120. The molecule has 2 aliphatic rings. The Morgan fingerprint density at radius 1 is 1.19 bits per heavy atom. The molecule has 0 radical (unpaired) electrons. The second kappa shape index (κ2) is 7.08. The number of nitrogens with zero attached hydrogens (tertiary/aromatic N) is 2. The van der Waals surface area contributed by atoms with Crippen molar-refractivity contribution in [2.75, 3.05) is 23.3 Å². The van der Waals surface area contributed by atoms with Crippen LogP contribution in [0.5, 0.6) is 0 Å². The maximum atomic E-state index is 12.7. The van der Waals surface area contributed by atoms with Crippen LogP contribution in [0.1, 0.15) is 48.5 Å². The third-order valence-electron chi connectivity index (χ3n) is 5.45. The fourth-order valence-corrected chi connectivity index (χ4v) is 4.94. The Morgan fingerprint density at radius 2 is 1.89 bits per heavy atom. The number of benzene rings is 1. The topological polar surface area (TPSA) is 62.3 Å². The van der Waals surface area contributed by atoms with Gasteiger partial charge in [0.05, 0.1) is 10.6 Å². The van der Waals surface area contributed by atoms with Crippen LogP contribution in [0.15, 0.2) is 30.3 Å². The molecule has 2 aromatic rings. The van der Waals surface area contributed by atoms with Crippen LogP contribution >= 0.6 is 11.3 Å². The van der Waals surface area contributed by atoms with Crippen LogP contribution in [-0.2, 0) is 11.2 Å². The first-order chi connectivity index (χ1) is 12.9. The first kappa shape index (κ1) is 18.2. The molecule has 5 nitrogen and oxygen atoms in total. The van der Waals surface area contributed by atoms with E-state index in [0.29, 0.717) is 11.6 Å². The number of aromatic nitrogens is 1. The van der Waals surface area contributed by atoms with Crippen molar-refractivity contribution in [3.63, 3.8) is 0 Å². The van der Waals surface area contributed by atoms with E-state index in [1.54, 1.807) is 0 Å². The monoisotopic (exact) mass is 383 g/mol. The third-order valence-corrected chi connectivity index (χ3v) is 6.51. The van der Waals surface area contributed by atoms with Crippen molar-refractivity contribution in [2.45, 2.75) is 39.5 Å². The van der Waals surface area contributed by atoms with E-state index in [1.807, 2.05) is 18.2 Å². The number of nitrogens with one attached hydrogen (secondary N) is 1. The molecule has 1 amide bonds. The van der Waals surface area contributed by atoms with E-state index < -0.39 is 0 Å². The number of Topliss-reactive ketones (excluding diaryl/α,β-unsaturated/α-hetero) is 1. The van der Waals surface area contributed by atoms with Gasteiger partial charge in [0.15, 0.2) is 10.9 Å². The number of hydrogen-bond acceptors (Lipinski definition) is 5. The van der Waals surface area contributed by atoms with Gasteiger partial charge in [-0.3, -0.25) is 9.59 Å². The number of fused-ring (bicyclic) bond motifs is 1. The van der Waals surface area contributed by atoms with Gasteiger partial charge in [-0.25, -0.2) is 4.98 Å². The summed E-state index contributed by atoms with van der Waals surface area (Å²) >= 11 is 1.33. The Morgan fingerprint density at radius 3 is 2.59 bits per heavy atom. The highest BCUT2D eigenvalue weighted by Gasteiger charge is 2.34. The van der Waals surface area contributed by atoms with Gasteiger partial charge in [0, 0.05) is 31.1 Å². The number of hydrogen-bond donors (Lipinski definition) is 1. The van der Waals surface area contributed by atoms with Crippen molar-refractivity contribution in [3.8, 4) is 0 Å². The van der Waals surface area contributed by atoms with Gasteiger partial charge in [-0.15, -0.1) is 0 Å². The smallest absolute Gasteiger partial charge is 0.229 e. The van der Waals surface area contributed by atoms with E-state index >= 15 is 0 Å². The largest absolute Gasteiger partial charge is 0.371 e. The van der Waals surface area contributed by atoms with Gasteiger partial charge in [0.25, 0.3) is 0 Å². The maximum Gasteiger partial charge on any atom is 0.229 e. The minimum atomic E-state index is -0.0519. The molecule has 27 heavy (non-hydrogen) atoms. The number of piperidine rings is 1. The zero-order valence-electron chi connectivity index (χ0n) is 15.8. The van der Waals surface area contributed by atoms with Crippen LogP contribution in [-0.4, -0.2) is 29.8 Å². The average molecular weight is 384 g/mol. The molecule has 1 fully saturated rings. The Labute approximate surface area is 163 Å². The SMILES string of the molecule is CC1(C)CC(=O)c2sc(NC(=O)C3CCN(c4ccccc4)CC3)nc2C1. The van der Waals surface area contributed by atoms with Gasteiger partial charge in [0.2, 0.25) is 5.91 Å². The fourth-order valence-electron chi connectivity index (χ4n) is 4.02. The van der Waals surface area contributed by atoms with Crippen LogP contribution < -0.4 is 10.2 Å². The first-order valence-corrected chi connectivity index (χ1v) is 10.4. The summed E-state index contributed by atoms with van der Waals surface area (Å²) in [5, 5.41) is 3.54. The highest BCUT2D eigenvalue weighted by molar-refractivity contribution is 7.17. The van der Waals surface area contributed by atoms with Crippen molar-refractivity contribution >= 4 is 33.8 Å². The van der Waals surface area contributed by atoms with E-state index in [1.165, 1.54) is 17.0 Å². The van der Waals surface area contributed by atoms with Gasteiger partial charge in [0.1, 0.15) is 0 Å². The number of carbonyl (C=O) groups is 2. The van der Waals surface area contributed by atoms with Crippen LogP contribution in [0, 0.1) is 11.3 Å². The molecule has 0 bridgehead atoms. The Bertz CT molecular complexity index is 852. The number of rotatable bonds is 3. The molecule has 1 aromatic heterocycles. The molecule has 4 rings (SSSR count). The summed E-state index contributed by atoms with van der Waals surface area (Å²) in [5.74, 6) is 0.175. The summed E-state index contributed by atoms with van der Waals surface area (Å²) in [6, 6.07) is 10.3. The molecule has 142 valence electrons. The summed E-state index contributed by atoms with van der Waals surface area (Å²) in [4.78, 5) is 32.6. The molecule has 0 saturated carbocycles. The van der Waals surface area contributed by atoms with Crippen molar-refractivity contribution in [3.05, 3.63) is 40.9 Å². The zero-order chi connectivity index (χ0) is 19.0. The molecular weight excluding hydrogens is 358 g/mol. The molecule has 6 heteroatoms. The lowest BCUT2D eigenvalue weighted by Crippen LogP contribution is -2.38. The average Bonchev–Trinajstić information content (AvgIpc) is 3.04. The second-order valence-electron chi connectivity index (χ2n) is 8.32. The molecule has 0 unspecified atom stereocenters. The summed E-state index contributed by atoms with van der Waals surface area (Å²) in [6.07, 6.45) is 3.00. The first-order valence-electron chi connectivity index (χ1n) is 9.55. The Kier molecular flexibility index (Phi) is 4.76. The molecule has 1 N–H and O–H groups in total. The summed E-state index contributed by atoms with van der Waals surface area (Å²) in [6.45, 7) is 5.93. The Balaban J connectivity index is 1.37.